The summed E-state index contributed by atoms with van der Waals surface area (Å²) in [7, 11) is 0. The predicted octanol–water partition coefficient (Wildman–Crippen LogP) is 4.17. The number of amides is 1. The smallest absolute Gasteiger partial charge is 0.230 e. The number of benzene rings is 2. The zero-order valence-electron chi connectivity index (χ0n) is 14.4. The molecule has 4 rings (SSSR count). The standard InChI is InChI=1S/C20H21N3OS2/c24-19(14-25-20-22-17-10-4-5-11-18(17)26-20)21-13-16-9-6-12-23(16)15-7-2-1-3-8-15/h1-5,7-8,10-11,16H,6,9,12-14H2,(H,21,24). The average Bonchev–Trinajstić information content (AvgIpc) is 3.31. The molecule has 0 spiro atoms. The molecule has 26 heavy (non-hydrogen) atoms. The van der Waals surface area contributed by atoms with Crippen molar-refractivity contribution >= 4 is 44.9 Å². The van der Waals surface area contributed by atoms with E-state index in [9.17, 15) is 4.79 Å². The first-order valence-corrected chi connectivity index (χ1v) is 10.7. The van der Waals surface area contributed by atoms with Crippen molar-refractivity contribution in [3.8, 4) is 0 Å². The highest BCUT2D eigenvalue weighted by molar-refractivity contribution is 8.01. The highest BCUT2D eigenvalue weighted by Gasteiger charge is 2.24. The number of fused-ring (bicyclic) bond motifs is 1. The number of nitrogens with zero attached hydrogens (tertiary/aromatic N) is 2. The molecule has 1 saturated heterocycles. The Bertz CT molecular complexity index is 848. The van der Waals surface area contributed by atoms with E-state index in [1.807, 2.05) is 24.3 Å². The van der Waals surface area contributed by atoms with E-state index in [2.05, 4.69) is 45.5 Å². The Labute approximate surface area is 161 Å². The van der Waals surface area contributed by atoms with Crippen LogP contribution in [0.25, 0.3) is 10.2 Å². The molecule has 134 valence electrons. The van der Waals surface area contributed by atoms with Gasteiger partial charge in [-0.2, -0.15) is 0 Å². The molecule has 0 radical (unpaired) electrons. The third kappa shape index (κ3) is 4.02. The van der Waals surface area contributed by atoms with Crippen LogP contribution < -0.4 is 10.2 Å². The summed E-state index contributed by atoms with van der Waals surface area (Å²) < 4.78 is 2.12. The zero-order chi connectivity index (χ0) is 17.8. The molecule has 3 aromatic rings. The summed E-state index contributed by atoms with van der Waals surface area (Å²) in [6.45, 7) is 1.76. The van der Waals surface area contributed by atoms with Crippen LogP contribution in [0.4, 0.5) is 5.69 Å². The van der Waals surface area contributed by atoms with E-state index in [-0.39, 0.29) is 5.91 Å². The molecule has 1 amide bonds. The summed E-state index contributed by atoms with van der Waals surface area (Å²) in [6, 6.07) is 18.9. The molecule has 1 N–H and O–H groups in total. The maximum absolute atomic E-state index is 12.3. The van der Waals surface area contributed by atoms with E-state index < -0.39 is 0 Å². The Morgan fingerprint density at radius 1 is 1.19 bits per heavy atom. The number of aromatic nitrogens is 1. The van der Waals surface area contributed by atoms with Gasteiger partial charge in [-0.05, 0) is 37.1 Å². The topological polar surface area (TPSA) is 45.2 Å². The van der Waals surface area contributed by atoms with Crippen molar-refractivity contribution in [3.05, 3.63) is 54.6 Å². The van der Waals surface area contributed by atoms with Crippen LogP contribution in [0.1, 0.15) is 12.8 Å². The van der Waals surface area contributed by atoms with Gasteiger partial charge < -0.3 is 10.2 Å². The molecule has 4 nitrogen and oxygen atoms in total. The number of para-hydroxylation sites is 2. The van der Waals surface area contributed by atoms with E-state index in [4.69, 9.17) is 0 Å². The van der Waals surface area contributed by atoms with Gasteiger partial charge in [0, 0.05) is 24.8 Å². The van der Waals surface area contributed by atoms with Gasteiger partial charge in [0.15, 0.2) is 4.34 Å². The largest absolute Gasteiger partial charge is 0.367 e. The first-order valence-electron chi connectivity index (χ1n) is 8.86. The van der Waals surface area contributed by atoms with Crippen LogP contribution in [0.3, 0.4) is 0 Å². The van der Waals surface area contributed by atoms with Crippen molar-refractivity contribution < 1.29 is 4.79 Å². The predicted molar refractivity (Wildman–Crippen MR) is 110 cm³/mol. The third-order valence-corrected chi connectivity index (χ3v) is 6.78. The molecule has 1 aliphatic rings. The Morgan fingerprint density at radius 3 is 2.85 bits per heavy atom. The van der Waals surface area contributed by atoms with Crippen LogP contribution in [-0.2, 0) is 4.79 Å². The van der Waals surface area contributed by atoms with E-state index in [1.165, 1.54) is 28.6 Å². The van der Waals surface area contributed by atoms with Crippen molar-refractivity contribution in [2.24, 2.45) is 0 Å². The summed E-state index contributed by atoms with van der Waals surface area (Å²) in [6.07, 6.45) is 2.30. The van der Waals surface area contributed by atoms with Gasteiger partial charge in [-0.3, -0.25) is 4.79 Å². The van der Waals surface area contributed by atoms with Crippen LogP contribution in [0.15, 0.2) is 58.9 Å². The minimum atomic E-state index is 0.0779. The van der Waals surface area contributed by atoms with Crippen LogP contribution in [0.2, 0.25) is 0 Å². The van der Waals surface area contributed by atoms with Gasteiger partial charge in [0.25, 0.3) is 0 Å². The summed E-state index contributed by atoms with van der Waals surface area (Å²) in [5, 5.41) is 3.10. The Balaban J connectivity index is 1.28. The molecule has 6 heteroatoms. The molecule has 1 aliphatic heterocycles. The zero-order valence-corrected chi connectivity index (χ0v) is 16.1. The van der Waals surface area contributed by atoms with Gasteiger partial charge in [0.2, 0.25) is 5.91 Å². The van der Waals surface area contributed by atoms with Crippen molar-refractivity contribution in [3.63, 3.8) is 0 Å². The molecule has 1 atom stereocenters. The minimum absolute atomic E-state index is 0.0779. The minimum Gasteiger partial charge on any atom is -0.367 e. The van der Waals surface area contributed by atoms with Gasteiger partial charge in [-0.15, -0.1) is 11.3 Å². The quantitative estimate of drug-likeness (QED) is 0.649. The van der Waals surface area contributed by atoms with E-state index >= 15 is 0 Å². The summed E-state index contributed by atoms with van der Waals surface area (Å²) in [4.78, 5) is 19.2. The fourth-order valence-corrected chi connectivity index (χ4v) is 5.23. The van der Waals surface area contributed by atoms with E-state index in [0.717, 1.165) is 22.8 Å². The lowest BCUT2D eigenvalue weighted by atomic mass is 10.2. The monoisotopic (exact) mass is 383 g/mol. The van der Waals surface area contributed by atoms with Crippen LogP contribution in [0.5, 0.6) is 0 Å². The first kappa shape index (κ1) is 17.4. The maximum Gasteiger partial charge on any atom is 0.230 e. The Kier molecular flexibility index (Phi) is 5.41. The highest BCUT2D eigenvalue weighted by Crippen LogP contribution is 2.29. The Hall–Kier alpha value is -2.05. The van der Waals surface area contributed by atoms with E-state index in [1.54, 1.807) is 11.3 Å². The van der Waals surface area contributed by atoms with Crippen LogP contribution in [0, 0.1) is 0 Å². The summed E-state index contributed by atoms with van der Waals surface area (Å²) >= 11 is 3.16. The number of thiazole rings is 1. The number of hydrogen-bond acceptors (Lipinski definition) is 5. The van der Waals surface area contributed by atoms with Crippen LogP contribution in [-0.4, -0.2) is 35.8 Å². The number of hydrogen-bond donors (Lipinski definition) is 1. The Morgan fingerprint density at radius 2 is 2.00 bits per heavy atom. The average molecular weight is 384 g/mol. The van der Waals surface area contributed by atoms with Gasteiger partial charge in [0.1, 0.15) is 0 Å². The second-order valence-corrected chi connectivity index (χ2v) is 8.62. The molecule has 0 saturated carbocycles. The number of thioether (sulfide) groups is 1. The van der Waals surface area contributed by atoms with Crippen LogP contribution >= 0.6 is 23.1 Å². The number of anilines is 1. The molecule has 2 aromatic carbocycles. The second-order valence-electron chi connectivity index (χ2n) is 6.37. The normalized spacial score (nSPS) is 16.9. The lowest BCUT2D eigenvalue weighted by molar-refractivity contribution is -0.118. The first-order chi connectivity index (χ1) is 12.8. The summed E-state index contributed by atoms with van der Waals surface area (Å²) in [5.74, 6) is 0.492. The molecule has 1 aromatic heterocycles. The van der Waals surface area contributed by atoms with Crippen molar-refractivity contribution in [2.45, 2.75) is 23.2 Å². The van der Waals surface area contributed by atoms with Crippen molar-refractivity contribution in [1.82, 2.24) is 10.3 Å². The lowest BCUT2D eigenvalue weighted by Gasteiger charge is -2.27. The molecule has 0 aliphatic carbocycles. The molecule has 0 bridgehead atoms. The molecular formula is C20H21N3OS2. The number of rotatable bonds is 6. The number of carbonyl (C=O) groups excluding carboxylic acids is 1. The van der Waals surface area contributed by atoms with Crippen molar-refractivity contribution in [1.29, 1.82) is 0 Å². The van der Waals surface area contributed by atoms with Gasteiger partial charge >= 0.3 is 0 Å². The molecular weight excluding hydrogens is 362 g/mol. The molecule has 1 fully saturated rings. The van der Waals surface area contributed by atoms with Crippen molar-refractivity contribution in [2.75, 3.05) is 23.7 Å². The highest BCUT2D eigenvalue weighted by atomic mass is 32.2. The second kappa shape index (κ2) is 8.10. The number of nitrogens with one attached hydrogen (secondary N) is 1. The lowest BCUT2D eigenvalue weighted by Crippen LogP contribution is -2.40. The van der Waals surface area contributed by atoms with Gasteiger partial charge in [-0.1, -0.05) is 42.1 Å². The number of carbonyl (C=O) groups is 1. The summed E-state index contributed by atoms with van der Waals surface area (Å²) in [5.41, 5.74) is 2.25. The fraction of sp³-hybridized carbons (Fsp3) is 0.300. The fourth-order valence-electron chi connectivity index (χ4n) is 3.33. The molecule has 1 unspecified atom stereocenters. The molecule has 2 heterocycles. The van der Waals surface area contributed by atoms with E-state index in [0.29, 0.717) is 18.3 Å². The third-order valence-electron chi connectivity index (χ3n) is 4.60. The SMILES string of the molecule is O=C(CSc1nc2ccccc2s1)NCC1CCCN1c1ccccc1. The van der Waals surface area contributed by atoms with Gasteiger partial charge in [-0.25, -0.2) is 4.98 Å². The van der Waals surface area contributed by atoms with Gasteiger partial charge in [0.05, 0.1) is 16.0 Å². The maximum atomic E-state index is 12.3.